The summed E-state index contributed by atoms with van der Waals surface area (Å²) < 4.78 is 0. The number of nitrogens with two attached hydrogens (primary N) is 1. The van der Waals surface area contributed by atoms with Crippen LogP contribution in [0.2, 0.25) is 5.02 Å². The number of nitrogens with one attached hydrogen (secondary N) is 2. The van der Waals surface area contributed by atoms with Gasteiger partial charge in [-0.25, -0.2) is 4.98 Å². The largest absolute Gasteiger partial charge is 0.361 e. The van der Waals surface area contributed by atoms with E-state index in [0.717, 1.165) is 38.6 Å². The van der Waals surface area contributed by atoms with E-state index >= 15 is 0 Å². The predicted octanol–water partition coefficient (Wildman–Crippen LogP) is 4.45. The number of hydrogen-bond acceptors (Lipinski definition) is 2. The quantitative estimate of drug-likeness (QED) is 0.515. The fourth-order valence-electron chi connectivity index (χ4n) is 2.95. The maximum Gasteiger partial charge on any atom is 0.123 e. The van der Waals surface area contributed by atoms with Crippen LogP contribution >= 0.6 is 11.6 Å². The van der Waals surface area contributed by atoms with E-state index in [1.807, 2.05) is 60.9 Å². The minimum atomic E-state index is -0.197. The van der Waals surface area contributed by atoms with Gasteiger partial charge >= 0.3 is 0 Å². The molecule has 0 amide bonds. The van der Waals surface area contributed by atoms with Crippen LogP contribution in [0.1, 0.15) is 17.4 Å². The normalized spacial score (nSPS) is 12.6. The Morgan fingerprint density at radius 1 is 1.12 bits per heavy atom. The molecule has 4 rings (SSSR count). The average Bonchev–Trinajstić information content (AvgIpc) is 3.23. The molecule has 0 saturated heterocycles. The number of fused-ring (bicyclic) bond motifs is 1. The highest BCUT2D eigenvalue weighted by Crippen LogP contribution is 2.26. The topological polar surface area (TPSA) is 70.5 Å². The molecule has 24 heavy (non-hydrogen) atoms. The number of imidazole rings is 1. The number of aromatic nitrogens is 3. The average molecular weight is 337 g/mol. The van der Waals surface area contributed by atoms with Gasteiger partial charge in [-0.05, 0) is 29.7 Å². The molecular weight excluding hydrogens is 320 g/mol. The summed E-state index contributed by atoms with van der Waals surface area (Å²) in [6.45, 7) is 0. The van der Waals surface area contributed by atoms with Gasteiger partial charge in [-0.1, -0.05) is 48.0 Å². The minimum Gasteiger partial charge on any atom is -0.361 e. The molecule has 0 unspecified atom stereocenters. The lowest BCUT2D eigenvalue weighted by atomic mass is 10.1. The number of benzene rings is 2. The second-order valence-electron chi connectivity index (χ2n) is 5.86. The Morgan fingerprint density at radius 2 is 1.96 bits per heavy atom. The highest BCUT2D eigenvalue weighted by atomic mass is 35.5. The second-order valence-corrected chi connectivity index (χ2v) is 6.30. The number of halogens is 1. The van der Waals surface area contributed by atoms with Crippen LogP contribution in [0.15, 0.2) is 60.9 Å². The summed E-state index contributed by atoms with van der Waals surface area (Å²) in [6.07, 6.45) is 4.52. The van der Waals surface area contributed by atoms with Gasteiger partial charge in [0.25, 0.3) is 0 Å². The van der Waals surface area contributed by atoms with Crippen molar-refractivity contribution in [2.45, 2.75) is 12.5 Å². The summed E-state index contributed by atoms with van der Waals surface area (Å²) in [5.74, 6) is 0.789. The molecule has 0 saturated carbocycles. The smallest absolute Gasteiger partial charge is 0.123 e. The van der Waals surface area contributed by atoms with Crippen molar-refractivity contribution in [3.05, 3.63) is 77.3 Å². The van der Waals surface area contributed by atoms with E-state index in [0.29, 0.717) is 6.42 Å². The van der Waals surface area contributed by atoms with Crippen LogP contribution in [0.5, 0.6) is 0 Å². The fourth-order valence-corrected chi connectivity index (χ4v) is 3.12. The first kappa shape index (κ1) is 15.0. The molecule has 0 bridgehead atoms. The molecule has 4 N–H and O–H groups in total. The first-order chi connectivity index (χ1) is 11.7. The van der Waals surface area contributed by atoms with Crippen LogP contribution in [0.4, 0.5) is 0 Å². The molecule has 0 aliphatic heterocycles. The van der Waals surface area contributed by atoms with Gasteiger partial charge in [-0.15, -0.1) is 0 Å². The van der Waals surface area contributed by atoms with E-state index in [-0.39, 0.29) is 6.04 Å². The molecule has 0 aliphatic rings. The van der Waals surface area contributed by atoms with E-state index < -0.39 is 0 Å². The first-order valence-corrected chi connectivity index (χ1v) is 8.20. The van der Waals surface area contributed by atoms with Crippen molar-refractivity contribution in [3.8, 4) is 11.3 Å². The Bertz CT molecular complexity index is 971. The van der Waals surface area contributed by atoms with Gasteiger partial charge in [-0.3, -0.25) is 0 Å². The molecule has 4 nitrogen and oxygen atoms in total. The lowest BCUT2D eigenvalue weighted by molar-refractivity contribution is 0.680. The van der Waals surface area contributed by atoms with E-state index in [2.05, 4.69) is 15.0 Å². The Labute approximate surface area is 144 Å². The van der Waals surface area contributed by atoms with E-state index in [1.165, 1.54) is 0 Å². The third kappa shape index (κ3) is 2.82. The van der Waals surface area contributed by atoms with Crippen LogP contribution in [0, 0.1) is 0 Å². The molecule has 4 aromatic rings. The summed E-state index contributed by atoms with van der Waals surface area (Å²) in [5, 5.41) is 1.86. The van der Waals surface area contributed by atoms with Crippen molar-refractivity contribution < 1.29 is 0 Å². The molecule has 120 valence electrons. The summed E-state index contributed by atoms with van der Waals surface area (Å²) in [5.41, 5.74) is 10.6. The van der Waals surface area contributed by atoms with Crippen LogP contribution in [0.25, 0.3) is 22.2 Å². The Kier molecular flexibility index (Phi) is 3.84. The third-order valence-corrected chi connectivity index (χ3v) is 4.44. The van der Waals surface area contributed by atoms with E-state index in [1.54, 1.807) is 0 Å². The number of hydrogen-bond donors (Lipinski definition) is 3. The van der Waals surface area contributed by atoms with Crippen molar-refractivity contribution in [2.75, 3.05) is 0 Å². The molecule has 2 aromatic heterocycles. The number of H-pyrrole nitrogens is 2. The van der Waals surface area contributed by atoms with Crippen molar-refractivity contribution in [1.82, 2.24) is 15.0 Å². The van der Waals surface area contributed by atoms with Crippen molar-refractivity contribution in [3.63, 3.8) is 0 Å². The summed E-state index contributed by atoms with van der Waals surface area (Å²) >= 11 is 6.03. The minimum absolute atomic E-state index is 0.197. The van der Waals surface area contributed by atoms with Gasteiger partial charge in [-0.2, -0.15) is 0 Å². The third-order valence-electron chi connectivity index (χ3n) is 4.20. The second kappa shape index (κ2) is 6.15. The molecule has 0 radical (unpaired) electrons. The number of rotatable bonds is 4. The van der Waals surface area contributed by atoms with Crippen molar-refractivity contribution in [1.29, 1.82) is 0 Å². The van der Waals surface area contributed by atoms with E-state index in [9.17, 15) is 0 Å². The molecule has 0 aliphatic carbocycles. The highest BCUT2D eigenvalue weighted by molar-refractivity contribution is 6.31. The monoisotopic (exact) mass is 336 g/mol. The first-order valence-electron chi connectivity index (χ1n) is 7.82. The Morgan fingerprint density at radius 3 is 2.79 bits per heavy atom. The molecule has 5 heteroatoms. The van der Waals surface area contributed by atoms with Crippen LogP contribution in [0.3, 0.4) is 0 Å². The van der Waals surface area contributed by atoms with Gasteiger partial charge in [0.1, 0.15) is 5.82 Å². The molecule has 0 fully saturated rings. The number of aromatic amines is 2. The molecule has 2 aromatic carbocycles. The van der Waals surface area contributed by atoms with E-state index in [4.69, 9.17) is 17.3 Å². The number of nitrogens with zero attached hydrogens (tertiary/aromatic N) is 1. The molecule has 2 heterocycles. The van der Waals surface area contributed by atoms with Crippen LogP contribution in [-0.4, -0.2) is 15.0 Å². The van der Waals surface area contributed by atoms with Gasteiger partial charge in [0.05, 0.1) is 17.9 Å². The maximum absolute atomic E-state index is 6.36. The van der Waals surface area contributed by atoms with Crippen molar-refractivity contribution in [2.24, 2.45) is 5.73 Å². The van der Waals surface area contributed by atoms with Gasteiger partial charge < -0.3 is 15.7 Å². The SMILES string of the molecule is N[C@H](Cc1c[nH]c2cc(Cl)ccc12)c1ncc(-c2ccccc2)[nH]1. The molecule has 0 spiro atoms. The van der Waals surface area contributed by atoms with Gasteiger partial charge in [0.15, 0.2) is 0 Å². The van der Waals surface area contributed by atoms with Crippen molar-refractivity contribution >= 4 is 22.5 Å². The zero-order valence-corrected chi connectivity index (χ0v) is 13.7. The maximum atomic E-state index is 6.36. The summed E-state index contributed by atoms with van der Waals surface area (Å²) in [7, 11) is 0. The summed E-state index contributed by atoms with van der Waals surface area (Å²) in [6, 6.07) is 15.7. The summed E-state index contributed by atoms with van der Waals surface area (Å²) in [4.78, 5) is 11.0. The zero-order chi connectivity index (χ0) is 16.5. The van der Waals surface area contributed by atoms with Gasteiger partial charge in [0, 0.05) is 22.1 Å². The van der Waals surface area contributed by atoms with Gasteiger partial charge in [0.2, 0.25) is 0 Å². The van der Waals surface area contributed by atoms with Crippen LogP contribution < -0.4 is 5.73 Å². The molecular formula is C19H17ClN4. The zero-order valence-electron chi connectivity index (χ0n) is 13.0. The fraction of sp³-hybridized carbons (Fsp3) is 0.105. The standard InChI is InChI=1S/C19H17ClN4/c20-14-6-7-15-13(10-22-17(15)9-14)8-16(21)19-23-11-18(24-19)12-4-2-1-3-5-12/h1-7,9-11,16,22H,8,21H2,(H,23,24)/t16-/m1/s1. The lowest BCUT2D eigenvalue weighted by Gasteiger charge is -2.08. The Balaban J connectivity index is 1.58. The predicted molar refractivity (Wildman–Crippen MR) is 98.0 cm³/mol. The highest BCUT2D eigenvalue weighted by Gasteiger charge is 2.14. The Hall–Kier alpha value is -2.56. The molecule has 1 atom stereocenters. The van der Waals surface area contributed by atoms with Crippen LogP contribution in [-0.2, 0) is 6.42 Å². The lowest BCUT2D eigenvalue weighted by Crippen LogP contribution is -2.14.